The molecule has 0 radical (unpaired) electrons. The zero-order valence-electron chi connectivity index (χ0n) is 10.6. The molecule has 0 aliphatic heterocycles. The van der Waals surface area contributed by atoms with Gasteiger partial charge in [-0.25, -0.2) is 0 Å². The molecule has 78 valence electrons. The summed E-state index contributed by atoms with van der Waals surface area (Å²) in [6.45, 7) is 17.2. The van der Waals surface area contributed by atoms with E-state index in [9.17, 15) is 0 Å². The van der Waals surface area contributed by atoms with Crippen molar-refractivity contribution >= 4 is 0 Å². The molecular formula is C12H30. The second kappa shape index (κ2) is 13.6. The molecule has 0 saturated heterocycles. The van der Waals surface area contributed by atoms with Gasteiger partial charge in [-0.15, -0.1) is 0 Å². The quantitative estimate of drug-likeness (QED) is 0.546. The molecular weight excluding hydrogens is 144 g/mol. The molecule has 0 bridgehead atoms. The van der Waals surface area contributed by atoms with E-state index in [4.69, 9.17) is 0 Å². The second-order valence-corrected chi connectivity index (χ2v) is 3.27. The molecule has 0 aromatic heterocycles. The van der Waals surface area contributed by atoms with E-state index in [1.165, 1.54) is 19.3 Å². The summed E-state index contributed by atoms with van der Waals surface area (Å²) in [5, 5.41) is 0. The van der Waals surface area contributed by atoms with Gasteiger partial charge in [0.25, 0.3) is 0 Å². The number of hydrogen-bond donors (Lipinski definition) is 0. The smallest absolute Gasteiger partial charge is 0.0357 e. The average molecular weight is 174 g/mol. The molecule has 0 heteroatoms. The maximum atomic E-state index is 2.33. The molecule has 0 nitrogen and oxygen atoms in total. The van der Waals surface area contributed by atoms with Gasteiger partial charge in [-0.05, 0) is 11.8 Å². The van der Waals surface area contributed by atoms with E-state index in [1.54, 1.807) is 0 Å². The summed E-state index contributed by atoms with van der Waals surface area (Å²) in [6.07, 6.45) is 3.99. The lowest BCUT2D eigenvalue weighted by Gasteiger charge is -2.20. The van der Waals surface area contributed by atoms with Crippen molar-refractivity contribution in [3.05, 3.63) is 0 Å². The van der Waals surface area contributed by atoms with Crippen LogP contribution in [0.1, 0.15) is 74.7 Å². The van der Waals surface area contributed by atoms with E-state index in [-0.39, 0.29) is 0 Å². The summed E-state index contributed by atoms with van der Waals surface area (Å²) < 4.78 is 0. The van der Waals surface area contributed by atoms with Crippen LogP contribution in [-0.2, 0) is 0 Å². The van der Waals surface area contributed by atoms with Gasteiger partial charge in [-0.1, -0.05) is 68.2 Å². The Labute approximate surface area is 80.8 Å². The van der Waals surface area contributed by atoms with Gasteiger partial charge in [0.15, 0.2) is 0 Å². The minimum absolute atomic E-state index is 0.592. The van der Waals surface area contributed by atoms with Gasteiger partial charge in [0.05, 0.1) is 0 Å². The van der Waals surface area contributed by atoms with E-state index < -0.39 is 0 Å². The third-order valence-corrected chi connectivity index (χ3v) is 1.88. The van der Waals surface area contributed by atoms with Crippen molar-refractivity contribution in [2.45, 2.75) is 74.7 Å². The third kappa shape index (κ3) is 16.5. The van der Waals surface area contributed by atoms with Crippen molar-refractivity contribution in [2.75, 3.05) is 0 Å². The first-order chi connectivity index (χ1) is 5.62. The number of hydrogen-bond acceptors (Lipinski definition) is 0. The summed E-state index contributed by atoms with van der Waals surface area (Å²) >= 11 is 0. The molecule has 0 aromatic carbocycles. The Bertz CT molecular complexity index is 53.1. The molecule has 0 aliphatic carbocycles. The van der Waals surface area contributed by atoms with Crippen LogP contribution in [0.5, 0.6) is 0 Å². The van der Waals surface area contributed by atoms with Crippen LogP contribution in [-0.4, -0.2) is 0 Å². The SMILES string of the molecule is CC.CC.CCCC(C)(C)CC. The Balaban J connectivity index is -0.000000175. The first-order valence-electron chi connectivity index (χ1n) is 5.62. The predicted molar refractivity (Wildman–Crippen MR) is 61.7 cm³/mol. The minimum atomic E-state index is 0.592. The average Bonchev–Trinajstić information content (AvgIpc) is 2.12. The first kappa shape index (κ1) is 17.9. The van der Waals surface area contributed by atoms with Crippen LogP contribution in [0.15, 0.2) is 0 Å². The number of rotatable bonds is 3. The Morgan fingerprint density at radius 1 is 0.833 bits per heavy atom. The van der Waals surface area contributed by atoms with E-state index >= 15 is 0 Å². The van der Waals surface area contributed by atoms with Gasteiger partial charge in [0.1, 0.15) is 0 Å². The second-order valence-electron chi connectivity index (χ2n) is 3.27. The fourth-order valence-electron chi connectivity index (χ4n) is 0.854. The molecule has 0 aromatic rings. The minimum Gasteiger partial charge on any atom is -0.0683 e. The molecule has 12 heavy (non-hydrogen) atoms. The van der Waals surface area contributed by atoms with Crippen LogP contribution in [0.3, 0.4) is 0 Å². The topological polar surface area (TPSA) is 0 Å². The molecule has 0 aliphatic rings. The van der Waals surface area contributed by atoms with Crippen LogP contribution in [0, 0.1) is 5.41 Å². The lowest BCUT2D eigenvalue weighted by Crippen LogP contribution is -2.07. The van der Waals surface area contributed by atoms with Crippen molar-refractivity contribution in [1.82, 2.24) is 0 Å². The molecule has 0 saturated carbocycles. The third-order valence-electron chi connectivity index (χ3n) is 1.88. The van der Waals surface area contributed by atoms with Crippen molar-refractivity contribution in [2.24, 2.45) is 5.41 Å². The van der Waals surface area contributed by atoms with Gasteiger partial charge in [0, 0.05) is 0 Å². The summed E-state index contributed by atoms with van der Waals surface area (Å²) in [6, 6.07) is 0. The monoisotopic (exact) mass is 174 g/mol. The first-order valence-corrected chi connectivity index (χ1v) is 5.62. The van der Waals surface area contributed by atoms with Gasteiger partial charge < -0.3 is 0 Å². The van der Waals surface area contributed by atoms with Gasteiger partial charge >= 0.3 is 0 Å². The van der Waals surface area contributed by atoms with Crippen molar-refractivity contribution in [1.29, 1.82) is 0 Å². The highest BCUT2D eigenvalue weighted by atomic mass is 14.2. The predicted octanol–water partition coefficient (Wildman–Crippen LogP) is 5.28. The lowest BCUT2D eigenvalue weighted by molar-refractivity contribution is 0.319. The van der Waals surface area contributed by atoms with Gasteiger partial charge in [-0.2, -0.15) is 0 Å². The van der Waals surface area contributed by atoms with Crippen LogP contribution in [0.2, 0.25) is 0 Å². The van der Waals surface area contributed by atoms with Gasteiger partial charge in [-0.3, -0.25) is 0 Å². The molecule has 0 spiro atoms. The van der Waals surface area contributed by atoms with Crippen molar-refractivity contribution in [3.8, 4) is 0 Å². The van der Waals surface area contributed by atoms with E-state index in [2.05, 4.69) is 27.7 Å². The summed E-state index contributed by atoms with van der Waals surface area (Å²) in [5.41, 5.74) is 0.592. The largest absolute Gasteiger partial charge is 0.0683 e. The van der Waals surface area contributed by atoms with Crippen molar-refractivity contribution < 1.29 is 0 Å². The summed E-state index contributed by atoms with van der Waals surface area (Å²) in [5.74, 6) is 0. The summed E-state index contributed by atoms with van der Waals surface area (Å²) in [7, 11) is 0. The molecule has 0 unspecified atom stereocenters. The lowest BCUT2D eigenvalue weighted by atomic mass is 9.86. The molecule has 0 atom stereocenters. The molecule has 0 amide bonds. The van der Waals surface area contributed by atoms with Crippen LogP contribution in [0.25, 0.3) is 0 Å². The van der Waals surface area contributed by atoms with Crippen LogP contribution >= 0.6 is 0 Å². The molecule has 0 heterocycles. The standard InChI is InChI=1S/C8H18.2C2H6/c1-5-7-8(3,4)6-2;2*1-2/h5-7H2,1-4H3;2*1-2H3. The fourth-order valence-corrected chi connectivity index (χ4v) is 0.854. The Morgan fingerprint density at radius 2 is 1.17 bits per heavy atom. The Kier molecular flexibility index (Phi) is 20.3. The Morgan fingerprint density at radius 3 is 1.25 bits per heavy atom. The van der Waals surface area contributed by atoms with Crippen LogP contribution < -0.4 is 0 Å². The zero-order chi connectivity index (χ0) is 10.6. The van der Waals surface area contributed by atoms with E-state index in [0.717, 1.165) is 0 Å². The van der Waals surface area contributed by atoms with Gasteiger partial charge in [0.2, 0.25) is 0 Å². The maximum absolute atomic E-state index is 2.33. The normalized spacial score (nSPS) is 9.00. The molecule has 0 N–H and O–H groups in total. The van der Waals surface area contributed by atoms with E-state index in [0.29, 0.717) is 5.41 Å². The maximum Gasteiger partial charge on any atom is -0.0357 e. The fraction of sp³-hybridized carbons (Fsp3) is 1.00. The summed E-state index contributed by atoms with van der Waals surface area (Å²) in [4.78, 5) is 0. The molecule has 0 rings (SSSR count). The van der Waals surface area contributed by atoms with E-state index in [1.807, 2.05) is 27.7 Å². The molecule has 0 fully saturated rings. The highest BCUT2D eigenvalue weighted by Gasteiger charge is 2.11. The highest BCUT2D eigenvalue weighted by molar-refractivity contribution is 4.63. The Hall–Kier alpha value is 0. The zero-order valence-corrected chi connectivity index (χ0v) is 10.6. The highest BCUT2D eigenvalue weighted by Crippen LogP contribution is 2.25. The van der Waals surface area contributed by atoms with Crippen LogP contribution in [0.4, 0.5) is 0 Å². The van der Waals surface area contributed by atoms with Crippen molar-refractivity contribution in [3.63, 3.8) is 0 Å².